The molecule has 2 aromatic rings. The summed E-state index contributed by atoms with van der Waals surface area (Å²) in [5.74, 6) is 0.108. The van der Waals surface area contributed by atoms with Gasteiger partial charge in [0.1, 0.15) is 0 Å². The lowest BCUT2D eigenvalue weighted by Crippen LogP contribution is -2.49. The number of nitrogens with zero attached hydrogens (tertiary/aromatic N) is 2. The van der Waals surface area contributed by atoms with Gasteiger partial charge in [0.15, 0.2) is 0 Å². The van der Waals surface area contributed by atoms with Crippen LogP contribution < -0.4 is 10.2 Å². The van der Waals surface area contributed by atoms with Crippen molar-refractivity contribution in [3.05, 3.63) is 47.5 Å². The molecule has 0 saturated carbocycles. The van der Waals surface area contributed by atoms with Crippen LogP contribution in [0.5, 0.6) is 0 Å². The summed E-state index contributed by atoms with van der Waals surface area (Å²) in [5, 5.41) is 3.30. The average molecular weight is 284 g/mol. The van der Waals surface area contributed by atoms with Gasteiger partial charge in [-0.2, -0.15) is 0 Å². The van der Waals surface area contributed by atoms with Gasteiger partial charge in [0.2, 0.25) is 5.91 Å². The van der Waals surface area contributed by atoms with Crippen molar-refractivity contribution in [2.75, 3.05) is 11.4 Å². The van der Waals surface area contributed by atoms with E-state index in [2.05, 4.69) is 15.3 Å². The smallest absolute Gasteiger partial charge is 0.244 e. The molecule has 1 amide bonds. The van der Waals surface area contributed by atoms with Crippen LogP contribution in [0.1, 0.15) is 23.9 Å². The Morgan fingerprint density at radius 3 is 3.10 bits per heavy atom. The molecule has 1 aliphatic rings. The summed E-state index contributed by atoms with van der Waals surface area (Å²) in [6.45, 7) is 5.37. The average Bonchev–Trinajstić information content (AvgIpc) is 2.95. The van der Waals surface area contributed by atoms with Crippen molar-refractivity contribution < 1.29 is 4.79 Å². The molecule has 0 aliphatic carbocycles. The molecule has 2 heterocycles. The molecule has 5 heteroatoms. The second-order valence-corrected chi connectivity index (χ2v) is 5.39. The van der Waals surface area contributed by atoms with Crippen LogP contribution in [-0.4, -0.2) is 28.5 Å². The highest BCUT2D eigenvalue weighted by Crippen LogP contribution is 2.19. The molecule has 0 fully saturated rings. The Bertz CT molecular complexity index is 649. The van der Waals surface area contributed by atoms with Crippen molar-refractivity contribution in [3.8, 4) is 0 Å². The van der Waals surface area contributed by atoms with Crippen molar-refractivity contribution in [2.24, 2.45) is 0 Å². The number of aryl methyl sites for hydroxylation is 1. The molecule has 21 heavy (non-hydrogen) atoms. The summed E-state index contributed by atoms with van der Waals surface area (Å²) in [6, 6.07) is 7.85. The number of amides is 1. The molecule has 1 unspecified atom stereocenters. The van der Waals surface area contributed by atoms with Crippen LogP contribution >= 0.6 is 0 Å². The maximum atomic E-state index is 12.8. The van der Waals surface area contributed by atoms with Crippen LogP contribution in [0.4, 0.5) is 5.69 Å². The van der Waals surface area contributed by atoms with Gasteiger partial charge in [-0.3, -0.25) is 10.1 Å². The van der Waals surface area contributed by atoms with E-state index in [4.69, 9.17) is 0 Å². The molecule has 1 aromatic carbocycles. The predicted octanol–water partition coefficient (Wildman–Crippen LogP) is 1.79. The van der Waals surface area contributed by atoms with Crippen LogP contribution in [0.2, 0.25) is 0 Å². The van der Waals surface area contributed by atoms with Crippen molar-refractivity contribution in [3.63, 3.8) is 0 Å². The number of likely N-dealkylation sites (N-methyl/N-ethyl adjacent to an activating group) is 1. The van der Waals surface area contributed by atoms with E-state index >= 15 is 0 Å². The van der Waals surface area contributed by atoms with Gasteiger partial charge in [0.05, 0.1) is 23.8 Å². The highest BCUT2D eigenvalue weighted by Gasteiger charge is 2.29. The summed E-state index contributed by atoms with van der Waals surface area (Å²) in [7, 11) is 0. The number of H-pyrrole nitrogens is 1. The molecule has 0 spiro atoms. The molecule has 110 valence electrons. The van der Waals surface area contributed by atoms with Crippen molar-refractivity contribution in [1.29, 1.82) is 0 Å². The number of nitrogens with one attached hydrogen (secondary N) is 2. The largest absolute Gasteiger partial charge is 0.347 e. The van der Waals surface area contributed by atoms with Crippen LogP contribution in [0.3, 0.4) is 0 Å². The number of carbonyl (C=O) groups excluding carboxylic acids is 1. The number of anilines is 1. The Kier molecular flexibility index (Phi) is 3.75. The first-order chi connectivity index (χ1) is 10.2. The zero-order chi connectivity index (χ0) is 14.8. The summed E-state index contributed by atoms with van der Waals surface area (Å²) < 4.78 is 0. The van der Waals surface area contributed by atoms with E-state index in [1.807, 2.05) is 43.0 Å². The molecule has 0 bridgehead atoms. The lowest BCUT2D eigenvalue weighted by molar-refractivity contribution is -0.120. The van der Waals surface area contributed by atoms with Crippen molar-refractivity contribution >= 4 is 11.6 Å². The van der Waals surface area contributed by atoms with Crippen LogP contribution in [0.25, 0.3) is 0 Å². The third-order valence-electron chi connectivity index (χ3n) is 3.92. The van der Waals surface area contributed by atoms with Crippen molar-refractivity contribution in [2.45, 2.75) is 32.9 Å². The number of fused-ring (bicyclic) bond motifs is 1. The fourth-order valence-corrected chi connectivity index (χ4v) is 2.79. The minimum absolute atomic E-state index is 0.108. The second-order valence-electron chi connectivity index (χ2n) is 5.39. The first kappa shape index (κ1) is 13.8. The van der Waals surface area contributed by atoms with E-state index in [0.29, 0.717) is 19.5 Å². The Morgan fingerprint density at radius 2 is 2.33 bits per heavy atom. The summed E-state index contributed by atoms with van der Waals surface area (Å²) in [6.07, 6.45) is 2.33. The number of aromatic nitrogens is 2. The zero-order valence-electron chi connectivity index (χ0n) is 12.4. The van der Waals surface area contributed by atoms with Gasteiger partial charge in [-0.25, -0.2) is 4.98 Å². The van der Waals surface area contributed by atoms with Gasteiger partial charge in [-0.15, -0.1) is 0 Å². The third-order valence-corrected chi connectivity index (χ3v) is 3.92. The highest BCUT2D eigenvalue weighted by molar-refractivity contribution is 5.97. The molecule has 5 nitrogen and oxygen atoms in total. The molecule has 1 aromatic heterocycles. The Morgan fingerprint density at radius 1 is 1.48 bits per heavy atom. The number of hydrogen-bond donors (Lipinski definition) is 2. The molecule has 2 N–H and O–H groups in total. The van der Waals surface area contributed by atoms with Crippen molar-refractivity contribution in [1.82, 2.24) is 15.3 Å². The first-order valence-corrected chi connectivity index (χ1v) is 7.31. The molecular weight excluding hydrogens is 264 g/mol. The van der Waals surface area contributed by atoms with Crippen LogP contribution in [0.15, 0.2) is 30.6 Å². The molecule has 1 aliphatic heterocycles. The second kappa shape index (κ2) is 5.69. The fourth-order valence-electron chi connectivity index (χ4n) is 2.79. The van der Waals surface area contributed by atoms with Crippen LogP contribution in [-0.2, 0) is 17.8 Å². The van der Waals surface area contributed by atoms with Crippen LogP contribution in [0, 0.1) is 6.92 Å². The quantitative estimate of drug-likeness (QED) is 0.903. The number of hydrogen-bond acceptors (Lipinski definition) is 3. The summed E-state index contributed by atoms with van der Waals surface area (Å²) >= 11 is 0. The van der Waals surface area contributed by atoms with Gasteiger partial charge in [-0.05, 0) is 31.5 Å². The van der Waals surface area contributed by atoms with Gasteiger partial charge < -0.3 is 9.88 Å². The van der Waals surface area contributed by atoms with E-state index in [9.17, 15) is 4.79 Å². The monoisotopic (exact) mass is 284 g/mol. The molecular formula is C16H20N4O. The molecule has 0 radical (unpaired) electrons. The number of rotatable bonds is 3. The SMILES string of the molecule is CCN(C(=O)C1Cc2nc[nH]c2CN1)c1cccc(C)c1. The minimum atomic E-state index is -0.207. The predicted molar refractivity (Wildman–Crippen MR) is 82.1 cm³/mol. The first-order valence-electron chi connectivity index (χ1n) is 7.31. The maximum absolute atomic E-state index is 12.8. The zero-order valence-corrected chi connectivity index (χ0v) is 12.4. The summed E-state index contributed by atoms with van der Waals surface area (Å²) in [4.78, 5) is 22.0. The number of carbonyl (C=O) groups is 1. The Hall–Kier alpha value is -2.14. The van der Waals surface area contributed by atoms with Gasteiger partial charge in [0.25, 0.3) is 0 Å². The Balaban J connectivity index is 1.80. The van der Waals surface area contributed by atoms with Gasteiger partial charge in [-0.1, -0.05) is 12.1 Å². The van der Waals surface area contributed by atoms with E-state index in [-0.39, 0.29) is 11.9 Å². The molecule has 3 rings (SSSR count). The summed E-state index contributed by atoms with van der Waals surface area (Å²) in [5.41, 5.74) is 4.19. The maximum Gasteiger partial charge on any atom is 0.244 e. The lowest BCUT2D eigenvalue weighted by Gasteiger charge is -2.29. The topological polar surface area (TPSA) is 61.0 Å². The Labute approximate surface area is 124 Å². The van der Waals surface area contributed by atoms with Gasteiger partial charge in [0, 0.05) is 25.2 Å². The standard InChI is InChI=1S/C16H20N4O/c1-3-20(12-6-4-5-11(2)7-12)16(21)14-8-13-15(9-17-14)19-10-18-13/h4-7,10,14,17H,3,8-9H2,1-2H3,(H,18,19). The van der Waals surface area contributed by atoms with E-state index in [0.717, 1.165) is 22.6 Å². The lowest BCUT2D eigenvalue weighted by atomic mass is 10.0. The minimum Gasteiger partial charge on any atom is -0.347 e. The number of benzene rings is 1. The fraction of sp³-hybridized carbons (Fsp3) is 0.375. The van der Waals surface area contributed by atoms with E-state index in [1.54, 1.807) is 6.33 Å². The van der Waals surface area contributed by atoms with E-state index < -0.39 is 0 Å². The van der Waals surface area contributed by atoms with Gasteiger partial charge >= 0.3 is 0 Å². The van der Waals surface area contributed by atoms with E-state index in [1.165, 1.54) is 0 Å². The third kappa shape index (κ3) is 2.69. The number of aromatic amines is 1. The molecule has 1 atom stereocenters. The highest BCUT2D eigenvalue weighted by atomic mass is 16.2. The number of imidazole rings is 1. The normalized spacial score (nSPS) is 17.3. The molecule has 0 saturated heterocycles.